The van der Waals surface area contributed by atoms with Gasteiger partial charge in [0.05, 0.1) is 0 Å². The highest BCUT2D eigenvalue weighted by molar-refractivity contribution is 5.69. The minimum absolute atomic E-state index is 0.0171. The van der Waals surface area contributed by atoms with Crippen molar-refractivity contribution >= 4 is 0 Å². The van der Waals surface area contributed by atoms with E-state index in [4.69, 9.17) is 4.11 Å². The standard InChI is InChI=1S/C19H24/c1-13-7-9-16(10-8-13)17-12-18(19(4,5)6)15(3)11-14(17)2/h7-12H,1-6H3/i2D3. The number of hydrogen-bond donors (Lipinski definition) is 0. The Bertz CT molecular complexity index is 672. The lowest BCUT2D eigenvalue weighted by Crippen LogP contribution is -2.13. The van der Waals surface area contributed by atoms with Gasteiger partial charge in [0.15, 0.2) is 0 Å². The largest absolute Gasteiger partial charge is 0.0587 e. The highest BCUT2D eigenvalue weighted by Gasteiger charge is 2.18. The summed E-state index contributed by atoms with van der Waals surface area (Å²) in [6.07, 6.45) is 0. The smallest absolute Gasteiger partial charge is 0.0280 e. The van der Waals surface area contributed by atoms with E-state index < -0.39 is 6.85 Å². The van der Waals surface area contributed by atoms with Crippen molar-refractivity contribution in [3.63, 3.8) is 0 Å². The van der Waals surface area contributed by atoms with Gasteiger partial charge in [0.2, 0.25) is 0 Å². The molecular weight excluding hydrogens is 228 g/mol. The summed E-state index contributed by atoms with van der Waals surface area (Å²) in [5.74, 6) is 0. The van der Waals surface area contributed by atoms with E-state index in [-0.39, 0.29) is 5.41 Å². The number of hydrogen-bond acceptors (Lipinski definition) is 0. The molecule has 0 aromatic heterocycles. The maximum absolute atomic E-state index is 7.86. The van der Waals surface area contributed by atoms with Crippen LogP contribution in [0.3, 0.4) is 0 Å². The molecule has 0 N–H and O–H groups in total. The molecule has 2 rings (SSSR count). The molecule has 2 aromatic carbocycles. The third-order valence-corrected chi connectivity index (χ3v) is 3.54. The predicted octanol–water partition coefficient (Wildman–Crippen LogP) is 5.58. The Labute approximate surface area is 121 Å². The second-order valence-corrected chi connectivity index (χ2v) is 6.33. The Kier molecular flexibility index (Phi) is 2.62. The van der Waals surface area contributed by atoms with Crippen LogP contribution in [-0.4, -0.2) is 0 Å². The monoisotopic (exact) mass is 255 g/mol. The zero-order valence-electron chi connectivity index (χ0n) is 15.5. The van der Waals surface area contributed by atoms with Crippen LogP contribution in [0, 0.1) is 20.7 Å². The number of rotatable bonds is 1. The number of benzene rings is 2. The summed E-state index contributed by atoms with van der Waals surface area (Å²) >= 11 is 0. The van der Waals surface area contributed by atoms with Gasteiger partial charge in [-0.3, -0.25) is 0 Å². The molecule has 0 amide bonds. The highest BCUT2D eigenvalue weighted by atomic mass is 14.2. The fourth-order valence-corrected chi connectivity index (χ4v) is 2.49. The van der Waals surface area contributed by atoms with Crippen molar-refractivity contribution in [1.29, 1.82) is 0 Å². The first-order valence-electron chi connectivity index (χ1n) is 8.23. The van der Waals surface area contributed by atoms with Crippen molar-refractivity contribution in [2.24, 2.45) is 0 Å². The van der Waals surface area contributed by atoms with E-state index in [1.807, 2.05) is 44.2 Å². The Hall–Kier alpha value is -1.56. The van der Waals surface area contributed by atoms with Gasteiger partial charge in [0.25, 0.3) is 0 Å². The third-order valence-electron chi connectivity index (χ3n) is 3.54. The van der Waals surface area contributed by atoms with Gasteiger partial charge in [0, 0.05) is 4.11 Å². The van der Waals surface area contributed by atoms with E-state index in [9.17, 15) is 0 Å². The first-order chi connectivity index (χ1) is 10.00. The molecule has 0 atom stereocenters. The first-order valence-corrected chi connectivity index (χ1v) is 6.73. The topological polar surface area (TPSA) is 0 Å². The maximum Gasteiger partial charge on any atom is 0.0280 e. The zero-order valence-corrected chi connectivity index (χ0v) is 12.5. The van der Waals surface area contributed by atoms with Crippen LogP contribution in [0.1, 0.15) is 47.1 Å². The van der Waals surface area contributed by atoms with Crippen molar-refractivity contribution in [3.05, 3.63) is 58.7 Å². The van der Waals surface area contributed by atoms with E-state index in [0.717, 1.165) is 16.7 Å². The highest BCUT2D eigenvalue weighted by Crippen LogP contribution is 2.32. The maximum atomic E-state index is 7.86. The molecule has 0 radical (unpaired) electrons. The molecule has 100 valence electrons. The van der Waals surface area contributed by atoms with Crippen LogP contribution in [0.4, 0.5) is 0 Å². The average molecular weight is 255 g/mol. The summed E-state index contributed by atoms with van der Waals surface area (Å²) in [5, 5.41) is 0. The van der Waals surface area contributed by atoms with E-state index in [1.54, 1.807) is 0 Å². The van der Waals surface area contributed by atoms with Gasteiger partial charge in [0.1, 0.15) is 0 Å². The van der Waals surface area contributed by atoms with Crippen LogP contribution >= 0.6 is 0 Å². The van der Waals surface area contributed by atoms with E-state index in [2.05, 4.69) is 26.8 Å². The molecule has 0 nitrogen and oxygen atoms in total. The predicted molar refractivity (Wildman–Crippen MR) is 84.8 cm³/mol. The lowest BCUT2D eigenvalue weighted by Gasteiger charge is -2.24. The average Bonchev–Trinajstić information content (AvgIpc) is 2.37. The Morgan fingerprint density at radius 3 is 2.05 bits per heavy atom. The molecular formula is C19H24. The summed E-state index contributed by atoms with van der Waals surface area (Å²) in [5.41, 5.74) is 5.59. The van der Waals surface area contributed by atoms with Crippen LogP contribution in [0.25, 0.3) is 11.1 Å². The van der Waals surface area contributed by atoms with Crippen molar-refractivity contribution in [2.75, 3.05) is 0 Å². The molecule has 0 bridgehead atoms. The Balaban J connectivity index is 2.76. The van der Waals surface area contributed by atoms with Gasteiger partial charge in [-0.2, -0.15) is 0 Å². The van der Waals surface area contributed by atoms with Gasteiger partial charge in [-0.05, 0) is 53.9 Å². The van der Waals surface area contributed by atoms with Gasteiger partial charge in [-0.1, -0.05) is 62.7 Å². The van der Waals surface area contributed by atoms with Crippen LogP contribution in [0.2, 0.25) is 0 Å². The quantitative estimate of drug-likeness (QED) is 0.624. The van der Waals surface area contributed by atoms with Gasteiger partial charge < -0.3 is 0 Å². The third kappa shape index (κ3) is 2.89. The minimum Gasteiger partial charge on any atom is -0.0587 e. The van der Waals surface area contributed by atoms with Crippen molar-refractivity contribution < 1.29 is 4.11 Å². The zero-order chi connectivity index (χ0) is 16.7. The van der Waals surface area contributed by atoms with Crippen molar-refractivity contribution in [1.82, 2.24) is 0 Å². The fourth-order valence-electron chi connectivity index (χ4n) is 2.49. The SMILES string of the molecule is [2H]C([2H])([2H])c1cc(C)c(C(C)(C)C)cc1-c1ccc(C)cc1. The van der Waals surface area contributed by atoms with Gasteiger partial charge in [-0.15, -0.1) is 0 Å². The molecule has 0 heteroatoms. The lowest BCUT2D eigenvalue weighted by molar-refractivity contribution is 0.586. The second-order valence-electron chi connectivity index (χ2n) is 6.33. The molecule has 0 spiro atoms. The van der Waals surface area contributed by atoms with Gasteiger partial charge in [-0.25, -0.2) is 0 Å². The van der Waals surface area contributed by atoms with Crippen LogP contribution in [0.15, 0.2) is 36.4 Å². The number of aryl methyl sites for hydroxylation is 3. The lowest BCUT2D eigenvalue weighted by atomic mass is 9.81. The van der Waals surface area contributed by atoms with Crippen LogP contribution in [-0.2, 0) is 5.41 Å². The Morgan fingerprint density at radius 1 is 0.895 bits per heavy atom. The van der Waals surface area contributed by atoms with E-state index in [1.165, 1.54) is 11.1 Å². The molecule has 0 heterocycles. The summed E-state index contributed by atoms with van der Waals surface area (Å²) < 4.78 is 23.6. The summed E-state index contributed by atoms with van der Waals surface area (Å²) in [6, 6.07) is 11.9. The normalized spacial score (nSPS) is 14.7. The molecule has 0 aliphatic rings. The van der Waals surface area contributed by atoms with Gasteiger partial charge >= 0.3 is 0 Å². The van der Waals surface area contributed by atoms with E-state index in [0.29, 0.717) is 5.56 Å². The first kappa shape index (κ1) is 10.3. The minimum atomic E-state index is -2.11. The van der Waals surface area contributed by atoms with Crippen LogP contribution < -0.4 is 0 Å². The van der Waals surface area contributed by atoms with Crippen molar-refractivity contribution in [3.8, 4) is 11.1 Å². The molecule has 0 aliphatic carbocycles. The fraction of sp³-hybridized carbons (Fsp3) is 0.368. The molecule has 19 heavy (non-hydrogen) atoms. The molecule has 0 fully saturated rings. The molecule has 0 unspecified atom stereocenters. The second kappa shape index (κ2) is 4.85. The van der Waals surface area contributed by atoms with Crippen LogP contribution in [0.5, 0.6) is 0 Å². The summed E-state index contributed by atoms with van der Waals surface area (Å²) in [7, 11) is 0. The summed E-state index contributed by atoms with van der Waals surface area (Å²) in [4.78, 5) is 0. The molecule has 0 aliphatic heterocycles. The van der Waals surface area contributed by atoms with E-state index >= 15 is 0 Å². The molecule has 0 saturated heterocycles. The summed E-state index contributed by atoms with van der Waals surface area (Å²) in [6.45, 7) is 8.39. The molecule has 2 aromatic rings. The Morgan fingerprint density at radius 2 is 1.53 bits per heavy atom. The van der Waals surface area contributed by atoms with Crippen molar-refractivity contribution in [2.45, 2.75) is 46.9 Å². The molecule has 0 saturated carbocycles.